The first-order valence-corrected chi connectivity index (χ1v) is 10.1. The SMILES string of the molecule is CN(C1CCCN1c1ccc(-c2ncco2)cc1)[C@H]1CCCC[C@H]1NC(=O)O. The van der Waals surface area contributed by atoms with E-state index in [0.29, 0.717) is 5.89 Å². The maximum absolute atomic E-state index is 11.2. The Morgan fingerprint density at radius 3 is 2.71 bits per heavy atom. The molecule has 2 aromatic rings. The van der Waals surface area contributed by atoms with Gasteiger partial charge in [0.2, 0.25) is 5.89 Å². The number of nitrogens with zero attached hydrogens (tertiary/aromatic N) is 3. The zero-order chi connectivity index (χ0) is 19.5. The van der Waals surface area contributed by atoms with E-state index in [2.05, 4.69) is 39.3 Å². The molecule has 0 radical (unpaired) electrons. The average Bonchev–Trinajstić information content (AvgIpc) is 3.40. The summed E-state index contributed by atoms with van der Waals surface area (Å²) in [6.45, 7) is 1.01. The van der Waals surface area contributed by atoms with E-state index in [9.17, 15) is 9.90 Å². The van der Waals surface area contributed by atoms with Crippen LogP contribution >= 0.6 is 0 Å². The van der Waals surface area contributed by atoms with Crippen molar-refractivity contribution in [3.8, 4) is 11.5 Å². The lowest BCUT2D eigenvalue weighted by atomic mass is 9.89. The quantitative estimate of drug-likeness (QED) is 0.816. The first-order chi connectivity index (χ1) is 13.6. The fourth-order valence-electron chi connectivity index (χ4n) is 4.78. The van der Waals surface area contributed by atoms with Gasteiger partial charge in [0.1, 0.15) is 6.26 Å². The number of hydrogen-bond donors (Lipinski definition) is 2. The number of rotatable bonds is 5. The van der Waals surface area contributed by atoms with Crippen LogP contribution in [0.25, 0.3) is 11.5 Å². The molecule has 4 rings (SSSR count). The summed E-state index contributed by atoms with van der Waals surface area (Å²) in [6, 6.07) is 8.59. The minimum atomic E-state index is -0.921. The standard InChI is InChI=1S/C21H28N4O3/c1-24(18-6-3-2-5-17(18)23-21(26)27)19-7-4-13-25(19)16-10-8-15(9-11-16)20-22-12-14-28-20/h8-12,14,17-19,23H,2-7,13H2,1H3,(H,26,27)/t17-,18+,19?/m1/s1. The second-order valence-corrected chi connectivity index (χ2v) is 7.77. The summed E-state index contributed by atoms with van der Waals surface area (Å²) < 4.78 is 5.38. The second kappa shape index (κ2) is 8.22. The maximum atomic E-state index is 11.2. The van der Waals surface area contributed by atoms with Crippen LogP contribution in [0.3, 0.4) is 0 Å². The van der Waals surface area contributed by atoms with Gasteiger partial charge in [0, 0.05) is 29.9 Å². The highest BCUT2D eigenvalue weighted by molar-refractivity contribution is 5.65. The van der Waals surface area contributed by atoms with Crippen LogP contribution in [0.5, 0.6) is 0 Å². The van der Waals surface area contributed by atoms with Crippen molar-refractivity contribution in [1.29, 1.82) is 0 Å². The molecule has 1 amide bonds. The molecule has 1 aliphatic carbocycles. The number of carboxylic acid groups (broad SMARTS) is 1. The molecule has 7 nitrogen and oxygen atoms in total. The lowest BCUT2D eigenvalue weighted by molar-refractivity contribution is 0.105. The molecular formula is C21H28N4O3. The van der Waals surface area contributed by atoms with Crippen molar-refractivity contribution in [2.75, 3.05) is 18.5 Å². The number of aromatic nitrogens is 1. The summed E-state index contributed by atoms with van der Waals surface area (Å²) in [5, 5.41) is 12.0. The van der Waals surface area contributed by atoms with Crippen LogP contribution in [-0.2, 0) is 0 Å². The third-order valence-electron chi connectivity index (χ3n) is 6.13. The molecular weight excluding hydrogens is 356 g/mol. The average molecular weight is 384 g/mol. The van der Waals surface area contributed by atoms with Gasteiger partial charge in [-0.1, -0.05) is 12.8 Å². The summed E-state index contributed by atoms with van der Waals surface area (Å²) >= 11 is 0. The van der Waals surface area contributed by atoms with Crippen molar-refractivity contribution in [2.24, 2.45) is 0 Å². The van der Waals surface area contributed by atoms with Gasteiger partial charge in [0.25, 0.3) is 0 Å². The van der Waals surface area contributed by atoms with Crippen molar-refractivity contribution < 1.29 is 14.3 Å². The van der Waals surface area contributed by atoms with Crippen LogP contribution in [-0.4, -0.2) is 52.9 Å². The van der Waals surface area contributed by atoms with Crippen molar-refractivity contribution in [3.63, 3.8) is 0 Å². The number of anilines is 1. The molecule has 1 aromatic carbocycles. The molecule has 150 valence electrons. The number of carbonyl (C=O) groups is 1. The zero-order valence-corrected chi connectivity index (χ0v) is 16.3. The van der Waals surface area contributed by atoms with Crippen molar-refractivity contribution >= 4 is 11.8 Å². The van der Waals surface area contributed by atoms with Gasteiger partial charge in [0.15, 0.2) is 0 Å². The van der Waals surface area contributed by atoms with Gasteiger partial charge < -0.3 is 19.7 Å². The van der Waals surface area contributed by atoms with Gasteiger partial charge in [-0.2, -0.15) is 0 Å². The Hall–Kier alpha value is -2.54. The van der Waals surface area contributed by atoms with Gasteiger partial charge in [-0.3, -0.25) is 4.90 Å². The largest absolute Gasteiger partial charge is 0.465 e. The number of nitrogens with one attached hydrogen (secondary N) is 1. The van der Waals surface area contributed by atoms with Gasteiger partial charge >= 0.3 is 6.09 Å². The molecule has 7 heteroatoms. The molecule has 0 spiro atoms. The van der Waals surface area contributed by atoms with Crippen LogP contribution in [0, 0.1) is 0 Å². The smallest absolute Gasteiger partial charge is 0.404 e. The fourth-order valence-corrected chi connectivity index (χ4v) is 4.78. The predicted octanol–water partition coefficient (Wildman–Crippen LogP) is 3.78. The molecule has 28 heavy (non-hydrogen) atoms. The van der Waals surface area contributed by atoms with Crippen molar-refractivity contribution in [3.05, 3.63) is 36.7 Å². The van der Waals surface area contributed by atoms with Gasteiger partial charge in [-0.05, 0) is 57.0 Å². The summed E-state index contributed by atoms with van der Waals surface area (Å²) in [7, 11) is 2.15. The molecule has 2 heterocycles. The molecule has 2 N–H and O–H groups in total. The van der Waals surface area contributed by atoms with Crippen LogP contribution in [0.1, 0.15) is 38.5 Å². The monoisotopic (exact) mass is 384 g/mol. The van der Waals surface area contributed by atoms with Gasteiger partial charge in [-0.25, -0.2) is 9.78 Å². The summed E-state index contributed by atoms with van der Waals surface area (Å²) in [4.78, 5) is 20.3. The number of likely N-dealkylation sites (N-methyl/N-ethyl adjacent to an activating group) is 1. The summed E-state index contributed by atoms with van der Waals surface area (Å²) in [6.07, 6.45) is 9.03. The normalized spacial score (nSPS) is 25.2. The van der Waals surface area contributed by atoms with Crippen molar-refractivity contribution in [2.45, 2.75) is 56.8 Å². The number of oxazole rings is 1. The highest BCUT2D eigenvalue weighted by Crippen LogP contribution is 2.32. The molecule has 1 saturated carbocycles. The van der Waals surface area contributed by atoms with E-state index < -0.39 is 6.09 Å². The highest BCUT2D eigenvalue weighted by atomic mass is 16.4. The van der Waals surface area contributed by atoms with Crippen LogP contribution in [0.2, 0.25) is 0 Å². The molecule has 2 aliphatic rings. The number of amides is 1. The van der Waals surface area contributed by atoms with E-state index in [0.717, 1.165) is 50.6 Å². The first-order valence-electron chi connectivity index (χ1n) is 10.1. The predicted molar refractivity (Wildman–Crippen MR) is 107 cm³/mol. The molecule has 3 atom stereocenters. The Morgan fingerprint density at radius 1 is 1.21 bits per heavy atom. The highest BCUT2D eigenvalue weighted by Gasteiger charge is 2.37. The molecule has 1 aromatic heterocycles. The van der Waals surface area contributed by atoms with Crippen molar-refractivity contribution in [1.82, 2.24) is 15.2 Å². The van der Waals surface area contributed by atoms with Gasteiger partial charge in [-0.15, -0.1) is 0 Å². The van der Waals surface area contributed by atoms with E-state index in [4.69, 9.17) is 4.42 Å². The first kappa shape index (κ1) is 18.8. The topological polar surface area (TPSA) is 81.8 Å². The Morgan fingerprint density at radius 2 is 2.00 bits per heavy atom. The Labute approximate surface area is 165 Å². The van der Waals surface area contributed by atoms with E-state index >= 15 is 0 Å². The Kier molecular flexibility index (Phi) is 5.52. The Balaban J connectivity index is 1.50. The van der Waals surface area contributed by atoms with E-state index in [1.54, 1.807) is 12.5 Å². The third-order valence-corrected chi connectivity index (χ3v) is 6.13. The molecule has 1 saturated heterocycles. The number of benzene rings is 1. The maximum Gasteiger partial charge on any atom is 0.404 e. The fraction of sp³-hybridized carbons (Fsp3) is 0.524. The Bertz CT molecular complexity index is 777. The van der Waals surface area contributed by atoms with E-state index in [1.165, 1.54) is 5.69 Å². The number of hydrogen-bond acceptors (Lipinski definition) is 5. The second-order valence-electron chi connectivity index (χ2n) is 7.77. The van der Waals surface area contributed by atoms with Gasteiger partial charge in [0.05, 0.1) is 12.4 Å². The lowest BCUT2D eigenvalue weighted by Crippen LogP contribution is -2.57. The lowest BCUT2D eigenvalue weighted by Gasteiger charge is -2.43. The van der Waals surface area contributed by atoms with E-state index in [-0.39, 0.29) is 18.2 Å². The molecule has 1 aliphatic heterocycles. The molecule has 2 fully saturated rings. The minimum Gasteiger partial charge on any atom is -0.465 e. The van der Waals surface area contributed by atoms with Crippen LogP contribution < -0.4 is 10.2 Å². The summed E-state index contributed by atoms with van der Waals surface area (Å²) in [5.41, 5.74) is 2.15. The zero-order valence-electron chi connectivity index (χ0n) is 16.3. The minimum absolute atomic E-state index is 0.00565. The van der Waals surface area contributed by atoms with Crippen LogP contribution in [0.4, 0.5) is 10.5 Å². The molecule has 0 bridgehead atoms. The van der Waals surface area contributed by atoms with E-state index in [1.807, 2.05) is 12.1 Å². The molecule has 1 unspecified atom stereocenters. The summed E-state index contributed by atoms with van der Waals surface area (Å²) in [5.74, 6) is 0.631. The third kappa shape index (κ3) is 3.85. The van der Waals surface area contributed by atoms with Crippen LogP contribution in [0.15, 0.2) is 41.1 Å².